The van der Waals surface area contributed by atoms with Gasteiger partial charge in [0.1, 0.15) is 0 Å². The number of methoxy groups -OCH3 is 1. The topological polar surface area (TPSA) is 49.9 Å². The molecule has 0 N–H and O–H groups in total. The lowest BCUT2D eigenvalue weighted by molar-refractivity contribution is -0.141. The van der Waals surface area contributed by atoms with Crippen LogP contribution in [0.2, 0.25) is 0 Å². The van der Waals surface area contributed by atoms with Crippen LogP contribution >= 0.6 is 0 Å². The molecule has 5 nitrogen and oxygen atoms in total. The monoisotopic (exact) mass is 270 g/mol. The molecule has 19 heavy (non-hydrogen) atoms. The average Bonchev–Trinajstić information content (AvgIpc) is 2.42. The molecular formula is C14H26N2O3. The first-order valence-corrected chi connectivity index (χ1v) is 7.10. The van der Waals surface area contributed by atoms with Crippen molar-refractivity contribution in [1.29, 1.82) is 0 Å². The van der Waals surface area contributed by atoms with Crippen LogP contribution in [-0.4, -0.2) is 61.5 Å². The molecule has 0 aromatic rings. The smallest absolute Gasteiger partial charge is 0.306 e. The fourth-order valence-electron chi connectivity index (χ4n) is 2.14. The number of ether oxygens (including phenoxy) is 1. The summed E-state index contributed by atoms with van der Waals surface area (Å²) < 4.78 is 4.62. The van der Waals surface area contributed by atoms with Crippen molar-refractivity contribution < 1.29 is 14.3 Å². The summed E-state index contributed by atoms with van der Waals surface area (Å²) in [6.07, 6.45) is 2.04. The van der Waals surface area contributed by atoms with Crippen molar-refractivity contribution in [3.05, 3.63) is 0 Å². The molecule has 1 saturated heterocycles. The third-order valence-electron chi connectivity index (χ3n) is 3.52. The van der Waals surface area contributed by atoms with Crippen LogP contribution in [0.15, 0.2) is 0 Å². The third kappa shape index (κ3) is 6.05. The van der Waals surface area contributed by atoms with Crippen molar-refractivity contribution in [2.45, 2.75) is 33.1 Å². The van der Waals surface area contributed by atoms with E-state index >= 15 is 0 Å². The number of esters is 1. The van der Waals surface area contributed by atoms with E-state index in [4.69, 9.17) is 0 Å². The SMILES string of the molecule is COC(=O)CCN1CCN(C(=O)CCC(C)C)CC1. The quantitative estimate of drug-likeness (QED) is 0.679. The molecule has 1 amide bonds. The van der Waals surface area contributed by atoms with E-state index in [-0.39, 0.29) is 11.9 Å². The Labute approximate surface area is 115 Å². The summed E-state index contributed by atoms with van der Waals surface area (Å²) in [5.74, 6) is 0.669. The maximum Gasteiger partial charge on any atom is 0.306 e. The number of amides is 1. The minimum absolute atomic E-state index is 0.171. The fourth-order valence-corrected chi connectivity index (χ4v) is 2.14. The van der Waals surface area contributed by atoms with Crippen molar-refractivity contribution in [2.24, 2.45) is 5.92 Å². The molecule has 1 aliphatic rings. The number of piperazine rings is 1. The highest BCUT2D eigenvalue weighted by Gasteiger charge is 2.21. The van der Waals surface area contributed by atoms with E-state index in [1.54, 1.807) is 0 Å². The number of nitrogens with zero attached hydrogens (tertiary/aromatic N) is 2. The Bertz CT molecular complexity index is 297. The van der Waals surface area contributed by atoms with Gasteiger partial charge in [-0.2, -0.15) is 0 Å². The van der Waals surface area contributed by atoms with Crippen LogP contribution in [0.1, 0.15) is 33.1 Å². The van der Waals surface area contributed by atoms with Crippen molar-refractivity contribution in [3.8, 4) is 0 Å². The zero-order valence-electron chi connectivity index (χ0n) is 12.4. The first-order chi connectivity index (χ1) is 9.02. The van der Waals surface area contributed by atoms with Gasteiger partial charge < -0.3 is 9.64 Å². The van der Waals surface area contributed by atoms with Crippen LogP contribution in [0, 0.1) is 5.92 Å². The van der Waals surface area contributed by atoms with E-state index in [1.807, 2.05) is 4.90 Å². The molecule has 0 aliphatic carbocycles. The zero-order chi connectivity index (χ0) is 14.3. The largest absolute Gasteiger partial charge is 0.469 e. The fraction of sp³-hybridized carbons (Fsp3) is 0.857. The van der Waals surface area contributed by atoms with Gasteiger partial charge in [0.25, 0.3) is 0 Å². The highest BCUT2D eigenvalue weighted by molar-refractivity contribution is 5.76. The number of carbonyl (C=O) groups excluding carboxylic acids is 2. The second kappa shape index (κ2) is 8.15. The van der Waals surface area contributed by atoms with Gasteiger partial charge >= 0.3 is 5.97 Å². The molecule has 5 heteroatoms. The highest BCUT2D eigenvalue weighted by atomic mass is 16.5. The van der Waals surface area contributed by atoms with Crippen LogP contribution in [0.25, 0.3) is 0 Å². The van der Waals surface area contributed by atoms with E-state index in [1.165, 1.54) is 7.11 Å². The molecule has 1 aliphatic heterocycles. The summed E-state index contributed by atoms with van der Waals surface area (Å²) in [6, 6.07) is 0. The zero-order valence-corrected chi connectivity index (χ0v) is 12.4. The van der Waals surface area contributed by atoms with Crippen molar-refractivity contribution in [2.75, 3.05) is 39.8 Å². The Morgan fingerprint density at radius 2 is 1.74 bits per heavy atom. The van der Waals surface area contributed by atoms with Gasteiger partial charge in [-0.15, -0.1) is 0 Å². The maximum atomic E-state index is 12.0. The van der Waals surface area contributed by atoms with Crippen LogP contribution in [0.4, 0.5) is 0 Å². The lowest BCUT2D eigenvalue weighted by atomic mass is 10.1. The van der Waals surface area contributed by atoms with Crippen LogP contribution < -0.4 is 0 Å². The summed E-state index contributed by atoms with van der Waals surface area (Å²) in [5.41, 5.74) is 0. The molecule has 1 fully saturated rings. The van der Waals surface area contributed by atoms with Gasteiger partial charge in [0.15, 0.2) is 0 Å². The molecule has 0 aromatic carbocycles. The van der Waals surface area contributed by atoms with Gasteiger partial charge in [-0.1, -0.05) is 13.8 Å². The Kier molecular flexibility index (Phi) is 6.84. The van der Waals surface area contributed by atoms with Crippen LogP contribution in [0.5, 0.6) is 0 Å². The van der Waals surface area contributed by atoms with Gasteiger partial charge in [-0.3, -0.25) is 14.5 Å². The van der Waals surface area contributed by atoms with Gasteiger partial charge in [-0.25, -0.2) is 0 Å². The molecule has 110 valence electrons. The van der Waals surface area contributed by atoms with E-state index in [0.29, 0.717) is 18.8 Å². The number of rotatable bonds is 6. The molecule has 0 bridgehead atoms. The lowest BCUT2D eigenvalue weighted by Gasteiger charge is -2.34. The average molecular weight is 270 g/mol. The minimum Gasteiger partial charge on any atom is -0.469 e. The van der Waals surface area contributed by atoms with Gasteiger partial charge in [0.2, 0.25) is 5.91 Å². The normalized spacial score (nSPS) is 16.7. The highest BCUT2D eigenvalue weighted by Crippen LogP contribution is 2.09. The molecule has 1 rings (SSSR count). The Morgan fingerprint density at radius 1 is 1.11 bits per heavy atom. The lowest BCUT2D eigenvalue weighted by Crippen LogP contribution is -2.49. The third-order valence-corrected chi connectivity index (χ3v) is 3.52. The van der Waals surface area contributed by atoms with Crippen molar-refractivity contribution in [1.82, 2.24) is 9.80 Å². The molecule has 0 aromatic heterocycles. The number of hydrogen-bond donors (Lipinski definition) is 0. The molecular weight excluding hydrogens is 244 g/mol. The minimum atomic E-state index is -0.171. The summed E-state index contributed by atoms with van der Waals surface area (Å²) >= 11 is 0. The summed E-state index contributed by atoms with van der Waals surface area (Å²) in [5, 5.41) is 0. The van der Waals surface area contributed by atoms with Crippen LogP contribution in [0.3, 0.4) is 0 Å². The van der Waals surface area contributed by atoms with Crippen LogP contribution in [-0.2, 0) is 14.3 Å². The number of carbonyl (C=O) groups is 2. The van der Waals surface area contributed by atoms with Gasteiger partial charge in [0, 0.05) is 39.1 Å². The van der Waals surface area contributed by atoms with Crippen molar-refractivity contribution >= 4 is 11.9 Å². The molecule has 0 unspecified atom stereocenters. The van der Waals surface area contributed by atoms with Gasteiger partial charge in [-0.05, 0) is 12.3 Å². The molecule has 0 radical (unpaired) electrons. The molecule has 0 saturated carbocycles. The number of hydrogen-bond acceptors (Lipinski definition) is 4. The van der Waals surface area contributed by atoms with E-state index < -0.39 is 0 Å². The Morgan fingerprint density at radius 3 is 2.26 bits per heavy atom. The molecule has 0 spiro atoms. The Hall–Kier alpha value is -1.10. The van der Waals surface area contributed by atoms with Gasteiger partial charge in [0.05, 0.1) is 13.5 Å². The summed E-state index contributed by atoms with van der Waals surface area (Å²) in [4.78, 5) is 27.2. The Balaban J connectivity index is 2.21. The van der Waals surface area contributed by atoms with E-state index in [0.717, 1.165) is 39.1 Å². The molecule has 1 heterocycles. The van der Waals surface area contributed by atoms with E-state index in [9.17, 15) is 9.59 Å². The standard InChI is InChI=1S/C14H26N2O3/c1-12(2)4-5-13(17)16-10-8-15(9-11-16)7-6-14(18)19-3/h12H,4-11H2,1-3H3. The maximum absolute atomic E-state index is 12.0. The second-order valence-electron chi connectivity index (χ2n) is 5.48. The predicted molar refractivity (Wildman–Crippen MR) is 73.7 cm³/mol. The second-order valence-corrected chi connectivity index (χ2v) is 5.48. The summed E-state index contributed by atoms with van der Waals surface area (Å²) in [6.45, 7) is 8.25. The summed E-state index contributed by atoms with van der Waals surface area (Å²) in [7, 11) is 1.41. The molecule has 0 atom stereocenters. The van der Waals surface area contributed by atoms with Crippen molar-refractivity contribution in [3.63, 3.8) is 0 Å². The first kappa shape index (κ1) is 16.0. The first-order valence-electron chi connectivity index (χ1n) is 7.10. The van der Waals surface area contributed by atoms with E-state index in [2.05, 4.69) is 23.5 Å². The predicted octanol–water partition coefficient (Wildman–Crippen LogP) is 1.13.